The minimum Gasteiger partial charge on any atom is -0.193 e. The van der Waals surface area contributed by atoms with Crippen molar-refractivity contribution < 1.29 is 0 Å². The first-order valence-electron chi connectivity index (χ1n) is 6.94. The highest BCUT2D eigenvalue weighted by atomic mass is 14.2. The quantitative estimate of drug-likeness (QED) is 0.359. The number of hydrogen-bond donors (Lipinski definition) is 0. The Labute approximate surface area is 102 Å². The summed E-state index contributed by atoms with van der Waals surface area (Å²) in [6.45, 7) is 4.44. The number of rotatable bonds is 10. The van der Waals surface area contributed by atoms with Crippen LogP contribution in [-0.4, -0.2) is 0 Å². The molecule has 0 aliphatic carbocycles. The summed E-state index contributed by atoms with van der Waals surface area (Å²) in [7, 11) is 0. The molecule has 16 heavy (non-hydrogen) atoms. The topological polar surface area (TPSA) is 23.8 Å². The van der Waals surface area contributed by atoms with Crippen LogP contribution in [0.15, 0.2) is 11.6 Å². The number of hydrogen-bond acceptors (Lipinski definition) is 1. The third-order valence-electron chi connectivity index (χ3n) is 2.89. The van der Waals surface area contributed by atoms with Crippen LogP contribution in [0.2, 0.25) is 0 Å². The molecule has 0 unspecified atom stereocenters. The van der Waals surface area contributed by atoms with Crippen LogP contribution >= 0.6 is 0 Å². The maximum Gasteiger partial charge on any atom is 0.0943 e. The Morgan fingerprint density at radius 3 is 2.12 bits per heavy atom. The first kappa shape index (κ1) is 15.2. The van der Waals surface area contributed by atoms with Gasteiger partial charge in [-0.15, -0.1) is 0 Å². The Hall–Kier alpha value is -0.770. The Morgan fingerprint density at radius 1 is 0.938 bits per heavy atom. The molecule has 0 N–H and O–H groups in total. The summed E-state index contributed by atoms with van der Waals surface area (Å²) < 4.78 is 0. The fourth-order valence-corrected chi connectivity index (χ4v) is 1.79. The van der Waals surface area contributed by atoms with E-state index >= 15 is 0 Å². The minimum absolute atomic E-state index is 0.990. The van der Waals surface area contributed by atoms with Crippen molar-refractivity contribution >= 4 is 0 Å². The average Bonchev–Trinajstić information content (AvgIpc) is 2.31. The lowest BCUT2D eigenvalue weighted by molar-refractivity contribution is 0.660. The molecule has 0 aliphatic rings. The molecule has 0 atom stereocenters. The second-order valence-corrected chi connectivity index (χ2v) is 4.50. The molecular formula is C15H27N. The zero-order valence-electron chi connectivity index (χ0n) is 11.1. The summed E-state index contributed by atoms with van der Waals surface area (Å²) in [5.41, 5.74) is 1.01. The number of unbranched alkanes of at least 4 members (excludes halogenated alkanes) is 7. The number of nitrogens with zero attached hydrogens (tertiary/aromatic N) is 1. The summed E-state index contributed by atoms with van der Waals surface area (Å²) in [5, 5.41) is 8.97. The molecule has 0 aromatic rings. The van der Waals surface area contributed by atoms with Gasteiger partial charge in [0.2, 0.25) is 0 Å². The van der Waals surface area contributed by atoms with E-state index in [9.17, 15) is 0 Å². The molecule has 1 nitrogen and oxygen atoms in total. The van der Waals surface area contributed by atoms with Crippen LogP contribution < -0.4 is 0 Å². The molecule has 0 rings (SSSR count). The molecule has 1 heteroatoms. The van der Waals surface area contributed by atoms with Gasteiger partial charge in [0.1, 0.15) is 0 Å². The Balaban J connectivity index is 3.56. The van der Waals surface area contributed by atoms with Gasteiger partial charge < -0.3 is 0 Å². The second kappa shape index (κ2) is 12.3. The largest absolute Gasteiger partial charge is 0.193 e. The van der Waals surface area contributed by atoms with Crippen LogP contribution in [0.4, 0.5) is 0 Å². The molecule has 0 radical (unpaired) electrons. The van der Waals surface area contributed by atoms with Crippen LogP contribution in [0.5, 0.6) is 0 Å². The van der Waals surface area contributed by atoms with Crippen molar-refractivity contribution in [1.29, 1.82) is 5.26 Å². The van der Waals surface area contributed by atoms with Crippen LogP contribution in [0.25, 0.3) is 0 Å². The molecule has 0 saturated carbocycles. The predicted molar refractivity (Wildman–Crippen MR) is 71.2 cm³/mol. The van der Waals surface area contributed by atoms with Gasteiger partial charge in [0, 0.05) is 5.57 Å². The lowest BCUT2D eigenvalue weighted by Gasteiger charge is -1.99. The van der Waals surface area contributed by atoms with Crippen molar-refractivity contribution in [2.75, 3.05) is 0 Å². The first-order valence-corrected chi connectivity index (χ1v) is 6.94. The Bertz CT molecular complexity index is 210. The van der Waals surface area contributed by atoms with Crippen molar-refractivity contribution in [3.05, 3.63) is 11.6 Å². The molecule has 0 aromatic heterocycles. The molecule has 0 heterocycles. The fourth-order valence-electron chi connectivity index (χ4n) is 1.79. The molecule has 0 aromatic carbocycles. The molecule has 0 fully saturated rings. The van der Waals surface area contributed by atoms with Gasteiger partial charge in [-0.1, -0.05) is 58.4 Å². The van der Waals surface area contributed by atoms with Gasteiger partial charge >= 0.3 is 0 Å². The molecule has 0 saturated heterocycles. The molecule has 92 valence electrons. The summed E-state index contributed by atoms with van der Waals surface area (Å²) in [5.74, 6) is 0. The maximum atomic E-state index is 8.97. The smallest absolute Gasteiger partial charge is 0.0943 e. The molecular weight excluding hydrogens is 194 g/mol. The number of nitriles is 1. The molecule has 0 aliphatic heterocycles. The van der Waals surface area contributed by atoms with Gasteiger partial charge in [-0.05, 0) is 25.7 Å². The minimum atomic E-state index is 0.990. The van der Waals surface area contributed by atoms with Crippen LogP contribution in [0.3, 0.4) is 0 Å². The van der Waals surface area contributed by atoms with Gasteiger partial charge in [-0.3, -0.25) is 0 Å². The van der Waals surface area contributed by atoms with E-state index in [0.29, 0.717) is 0 Å². The van der Waals surface area contributed by atoms with Gasteiger partial charge in [0.15, 0.2) is 0 Å². The summed E-state index contributed by atoms with van der Waals surface area (Å²) in [6.07, 6.45) is 14.4. The van der Waals surface area contributed by atoms with E-state index in [1.54, 1.807) is 0 Å². The third-order valence-corrected chi connectivity index (χ3v) is 2.89. The van der Waals surface area contributed by atoms with Crippen molar-refractivity contribution in [3.63, 3.8) is 0 Å². The fraction of sp³-hybridized carbons (Fsp3) is 0.800. The second-order valence-electron chi connectivity index (χ2n) is 4.50. The average molecular weight is 221 g/mol. The van der Waals surface area contributed by atoms with E-state index in [0.717, 1.165) is 18.4 Å². The Morgan fingerprint density at radius 2 is 1.56 bits per heavy atom. The normalized spacial score (nSPS) is 11.4. The monoisotopic (exact) mass is 221 g/mol. The van der Waals surface area contributed by atoms with Gasteiger partial charge in [-0.2, -0.15) is 5.26 Å². The molecule has 0 bridgehead atoms. The van der Waals surface area contributed by atoms with Gasteiger partial charge in [-0.25, -0.2) is 0 Å². The van der Waals surface area contributed by atoms with E-state index in [-0.39, 0.29) is 0 Å². The summed E-state index contributed by atoms with van der Waals surface area (Å²) >= 11 is 0. The van der Waals surface area contributed by atoms with E-state index in [4.69, 9.17) is 5.26 Å². The van der Waals surface area contributed by atoms with E-state index in [1.165, 1.54) is 51.4 Å². The third kappa shape index (κ3) is 9.77. The van der Waals surface area contributed by atoms with Crippen LogP contribution in [0.1, 0.15) is 78.1 Å². The first-order chi connectivity index (χ1) is 7.85. The van der Waals surface area contributed by atoms with E-state index in [1.807, 2.05) is 0 Å². The highest BCUT2D eigenvalue weighted by Gasteiger charge is 1.95. The number of allylic oxidation sites excluding steroid dienone is 2. The van der Waals surface area contributed by atoms with Crippen LogP contribution in [-0.2, 0) is 0 Å². The SMILES string of the molecule is CCCCCC/C=C(\C#N)CCCCCC. The molecule has 0 spiro atoms. The zero-order valence-corrected chi connectivity index (χ0v) is 11.1. The summed E-state index contributed by atoms with van der Waals surface area (Å²) in [4.78, 5) is 0. The maximum absolute atomic E-state index is 8.97. The van der Waals surface area contributed by atoms with Gasteiger partial charge in [0.25, 0.3) is 0 Å². The Kier molecular flexibility index (Phi) is 11.7. The predicted octanol–water partition coefficient (Wildman–Crippen LogP) is 5.38. The van der Waals surface area contributed by atoms with Crippen LogP contribution in [0, 0.1) is 11.3 Å². The van der Waals surface area contributed by atoms with Crippen molar-refractivity contribution in [2.24, 2.45) is 0 Å². The standard InChI is InChI=1S/C15H27N/c1-3-5-7-9-11-13-15(14-16)12-10-8-6-4-2/h13H,3-12H2,1-2H3/b15-13-. The summed E-state index contributed by atoms with van der Waals surface area (Å²) in [6, 6.07) is 2.33. The highest BCUT2D eigenvalue weighted by molar-refractivity contribution is 5.20. The lowest BCUT2D eigenvalue weighted by atomic mass is 10.0. The van der Waals surface area contributed by atoms with Crippen molar-refractivity contribution in [2.45, 2.75) is 78.1 Å². The van der Waals surface area contributed by atoms with Crippen molar-refractivity contribution in [1.82, 2.24) is 0 Å². The van der Waals surface area contributed by atoms with E-state index in [2.05, 4.69) is 26.0 Å². The zero-order chi connectivity index (χ0) is 12.1. The van der Waals surface area contributed by atoms with Gasteiger partial charge in [0.05, 0.1) is 6.07 Å². The van der Waals surface area contributed by atoms with Crippen molar-refractivity contribution in [3.8, 4) is 6.07 Å². The lowest BCUT2D eigenvalue weighted by Crippen LogP contribution is -1.83. The highest BCUT2D eigenvalue weighted by Crippen LogP contribution is 2.12. The van der Waals surface area contributed by atoms with E-state index < -0.39 is 0 Å². The molecule has 0 amide bonds.